The lowest BCUT2D eigenvalue weighted by Crippen LogP contribution is -2.25. The number of anilines is 1. The zero-order chi connectivity index (χ0) is 26.4. The van der Waals surface area contributed by atoms with E-state index >= 15 is 0 Å². The molecule has 0 amide bonds. The predicted molar refractivity (Wildman–Crippen MR) is 161 cm³/mol. The molecule has 2 nitrogen and oxygen atoms in total. The van der Waals surface area contributed by atoms with Crippen LogP contribution in [0.15, 0.2) is 86.1 Å². The van der Waals surface area contributed by atoms with E-state index in [4.69, 9.17) is 0 Å². The number of hydrogen-bond acceptors (Lipinski definition) is 1. The van der Waals surface area contributed by atoms with Gasteiger partial charge in [0, 0.05) is 46.6 Å². The molecule has 0 saturated heterocycles. The van der Waals surface area contributed by atoms with Gasteiger partial charge < -0.3 is 10.3 Å². The molecule has 3 atom stereocenters. The Bertz CT molecular complexity index is 1400. The molecule has 37 heavy (non-hydrogen) atoms. The van der Waals surface area contributed by atoms with Crippen LogP contribution in [0, 0.1) is 10.8 Å². The van der Waals surface area contributed by atoms with Crippen molar-refractivity contribution < 1.29 is 0 Å². The first-order chi connectivity index (χ1) is 17.6. The van der Waals surface area contributed by atoms with Gasteiger partial charge in [0.2, 0.25) is 0 Å². The molecule has 2 heteroatoms. The van der Waals surface area contributed by atoms with E-state index in [-0.39, 0.29) is 16.2 Å². The zero-order valence-corrected chi connectivity index (χ0v) is 23.2. The third-order valence-corrected chi connectivity index (χ3v) is 9.21. The van der Waals surface area contributed by atoms with Crippen LogP contribution in [-0.4, -0.2) is 11.5 Å². The van der Waals surface area contributed by atoms with Crippen molar-refractivity contribution in [2.24, 2.45) is 10.8 Å². The Hall–Kier alpha value is -3.26. The lowest BCUT2D eigenvalue weighted by Gasteiger charge is -2.37. The predicted octanol–water partition coefficient (Wildman–Crippen LogP) is 9.51. The van der Waals surface area contributed by atoms with E-state index < -0.39 is 0 Å². The average Bonchev–Trinajstić information content (AvgIpc) is 3.53. The Morgan fingerprint density at radius 3 is 2.62 bits per heavy atom. The fourth-order valence-corrected chi connectivity index (χ4v) is 6.28. The minimum absolute atomic E-state index is 0.0328. The molecule has 0 fully saturated rings. The second kappa shape index (κ2) is 9.24. The molecule has 0 radical (unpaired) electrons. The molecule has 3 aromatic rings. The summed E-state index contributed by atoms with van der Waals surface area (Å²) in [6.07, 6.45) is 18.2. The van der Waals surface area contributed by atoms with Crippen molar-refractivity contribution in [1.82, 2.24) is 4.98 Å². The van der Waals surface area contributed by atoms with Crippen molar-refractivity contribution in [2.45, 2.75) is 64.7 Å². The largest absolute Gasteiger partial charge is 0.384 e. The van der Waals surface area contributed by atoms with Crippen LogP contribution in [0.1, 0.15) is 81.5 Å². The van der Waals surface area contributed by atoms with Gasteiger partial charge in [0.25, 0.3) is 0 Å². The van der Waals surface area contributed by atoms with Crippen LogP contribution in [0.2, 0.25) is 0 Å². The molecular weight excluding hydrogens is 448 g/mol. The molecule has 0 unspecified atom stereocenters. The molecule has 1 aliphatic carbocycles. The third kappa shape index (κ3) is 4.41. The van der Waals surface area contributed by atoms with Crippen LogP contribution in [0.3, 0.4) is 0 Å². The topological polar surface area (TPSA) is 27.8 Å². The number of rotatable bonds is 7. The van der Waals surface area contributed by atoms with Gasteiger partial charge in [-0.25, -0.2) is 0 Å². The summed E-state index contributed by atoms with van der Waals surface area (Å²) in [5, 5.41) is 4.93. The highest BCUT2D eigenvalue weighted by Crippen LogP contribution is 2.49. The minimum atomic E-state index is -0.101. The highest BCUT2D eigenvalue weighted by Gasteiger charge is 2.37. The van der Waals surface area contributed by atoms with Gasteiger partial charge >= 0.3 is 0 Å². The van der Waals surface area contributed by atoms with Crippen molar-refractivity contribution in [2.75, 3.05) is 11.9 Å². The van der Waals surface area contributed by atoms with Gasteiger partial charge in [-0.05, 0) is 58.1 Å². The van der Waals surface area contributed by atoms with Gasteiger partial charge in [-0.1, -0.05) is 95.3 Å². The summed E-state index contributed by atoms with van der Waals surface area (Å²) < 4.78 is 0. The van der Waals surface area contributed by atoms with Crippen molar-refractivity contribution in [3.05, 3.63) is 108 Å². The summed E-state index contributed by atoms with van der Waals surface area (Å²) in [4.78, 5) is 3.49. The Labute approximate surface area is 223 Å². The van der Waals surface area contributed by atoms with Crippen LogP contribution < -0.4 is 5.32 Å². The standard InChI is InChI=1S/C35H42N2/c1-8-33(3,4)28-22-36-30-17-16-25(21-26(28)30)27-14-10-11-19-35(27,7)20-18-24-13-12-15-31-32(24)29(23-37-31)34(5,6)9-2/h8-10,12-18,20-21,23,27-28,36-37H,1-2,11,19,22H2,3-7H3/b20-18+/t27-,28+,35-/m0/s1. The summed E-state index contributed by atoms with van der Waals surface area (Å²) in [5.41, 5.74) is 7.84. The summed E-state index contributed by atoms with van der Waals surface area (Å²) >= 11 is 0. The highest BCUT2D eigenvalue weighted by atomic mass is 14.9. The number of hydrogen-bond donors (Lipinski definition) is 2. The van der Waals surface area contributed by atoms with E-state index in [0.29, 0.717) is 11.8 Å². The number of aromatic nitrogens is 1. The van der Waals surface area contributed by atoms with E-state index in [1.165, 1.54) is 38.8 Å². The monoisotopic (exact) mass is 490 g/mol. The van der Waals surface area contributed by atoms with Crippen LogP contribution >= 0.6 is 0 Å². The normalized spacial score (nSPS) is 23.8. The van der Waals surface area contributed by atoms with Crippen molar-refractivity contribution in [1.29, 1.82) is 0 Å². The fraction of sp³-hybridized carbons (Fsp3) is 0.371. The smallest absolute Gasteiger partial charge is 0.0463 e. The maximum atomic E-state index is 4.13. The molecule has 1 aliphatic heterocycles. The molecule has 5 rings (SSSR count). The number of fused-ring (bicyclic) bond motifs is 2. The molecule has 2 aromatic carbocycles. The lowest BCUT2D eigenvalue weighted by molar-refractivity contribution is 0.340. The van der Waals surface area contributed by atoms with Gasteiger partial charge in [-0.2, -0.15) is 0 Å². The second-order valence-corrected chi connectivity index (χ2v) is 12.5. The van der Waals surface area contributed by atoms with Crippen LogP contribution in [-0.2, 0) is 5.41 Å². The van der Waals surface area contributed by atoms with E-state index in [2.05, 4.69) is 131 Å². The molecule has 0 saturated carbocycles. The maximum absolute atomic E-state index is 4.13. The first kappa shape index (κ1) is 25.4. The van der Waals surface area contributed by atoms with E-state index in [1.807, 2.05) is 6.08 Å². The molecule has 0 spiro atoms. The first-order valence-electron chi connectivity index (χ1n) is 13.7. The molecule has 192 valence electrons. The van der Waals surface area contributed by atoms with Crippen molar-refractivity contribution in [3.63, 3.8) is 0 Å². The Morgan fingerprint density at radius 1 is 1.05 bits per heavy atom. The number of allylic oxidation sites excluding steroid dienone is 5. The van der Waals surface area contributed by atoms with E-state index in [0.717, 1.165) is 19.4 Å². The molecule has 2 aliphatic rings. The molecule has 2 heterocycles. The fourth-order valence-electron chi connectivity index (χ4n) is 6.28. The molecule has 2 N–H and O–H groups in total. The number of H-pyrrole nitrogens is 1. The SMILES string of the molecule is C=CC(C)(C)c1c[nH]c2cccc(/C=C/[C@]3(C)CCC=C[C@H]3c3ccc4c(c3)[C@H](C(C)(C)C=C)CN4)c12. The van der Waals surface area contributed by atoms with Crippen molar-refractivity contribution in [3.8, 4) is 0 Å². The van der Waals surface area contributed by atoms with E-state index in [1.54, 1.807) is 0 Å². The summed E-state index contributed by atoms with van der Waals surface area (Å²) in [5.74, 6) is 0.776. The van der Waals surface area contributed by atoms with Crippen LogP contribution in [0.25, 0.3) is 17.0 Å². The lowest BCUT2D eigenvalue weighted by atomic mass is 9.67. The summed E-state index contributed by atoms with van der Waals surface area (Å²) in [6, 6.07) is 13.7. The van der Waals surface area contributed by atoms with Gasteiger partial charge in [-0.15, -0.1) is 13.2 Å². The highest BCUT2D eigenvalue weighted by molar-refractivity contribution is 5.92. The maximum Gasteiger partial charge on any atom is 0.0463 e. The van der Waals surface area contributed by atoms with Gasteiger partial charge in [0.15, 0.2) is 0 Å². The summed E-state index contributed by atoms with van der Waals surface area (Å²) in [6.45, 7) is 20.7. The first-order valence-corrected chi connectivity index (χ1v) is 13.7. The molecular formula is C35H42N2. The third-order valence-electron chi connectivity index (χ3n) is 9.21. The minimum Gasteiger partial charge on any atom is -0.384 e. The Kier molecular flexibility index (Phi) is 6.34. The molecule has 0 bridgehead atoms. The Balaban J connectivity index is 1.53. The average molecular weight is 491 g/mol. The number of benzene rings is 2. The quantitative estimate of drug-likeness (QED) is 0.317. The summed E-state index contributed by atoms with van der Waals surface area (Å²) in [7, 11) is 0. The van der Waals surface area contributed by atoms with Crippen LogP contribution in [0.5, 0.6) is 0 Å². The van der Waals surface area contributed by atoms with Gasteiger partial charge in [-0.3, -0.25) is 0 Å². The van der Waals surface area contributed by atoms with E-state index in [9.17, 15) is 0 Å². The van der Waals surface area contributed by atoms with Crippen LogP contribution in [0.4, 0.5) is 5.69 Å². The van der Waals surface area contributed by atoms with Gasteiger partial charge in [0.1, 0.15) is 0 Å². The second-order valence-electron chi connectivity index (χ2n) is 12.5. The Morgan fingerprint density at radius 2 is 1.86 bits per heavy atom. The van der Waals surface area contributed by atoms with Crippen molar-refractivity contribution >= 4 is 22.7 Å². The molecule has 1 aromatic heterocycles. The number of aromatic amines is 1. The zero-order valence-electron chi connectivity index (χ0n) is 23.2. The number of nitrogens with one attached hydrogen (secondary N) is 2. The van der Waals surface area contributed by atoms with Gasteiger partial charge in [0.05, 0.1) is 0 Å².